The van der Waals surface area contributed by atoms with E-state index >= 15 is 0 Å². The fraction of sp³-hybridized carbons (Fsp3) is 0.333. The van der Waals surface area contributed by atoms with Crippen LogP contribution in [0.4, 0.5) is 5.00 Å². The SMILES string of the molecule is COc1ccc(S[C@H](C)C(=O)Nc2sc3c(c2C(N)=O)CCC3)cc1. The van der Waals surface area contributed by atoms with Crippen molar-refractivity contribution in [2.75, 3.05) is 12.4 Å². The number of anilines is 1. The molecule has 0 fully saturated rings. The fourth-order valence-corrected chi connectivity index (χ4v) is 5.04. The van der Waals surface area contributed by atoms with E-state index in [2.05, 4.69) is 5.32 Å². The number of hydrogen-bond acceptors (Lipinski definition) is 5. The Morgan fingerprint density at radius 1 is 1.28 bits per heavy atom. The van der Waals surface area contributed by atoms with Crippen LogP contribution in [0, 0.1) is 0 Å². The highest BCUT2D eigenvalue weighted by Crippen LogP contribution is 2.39. The molecule has 5 nitrogen and oxygen atoms in total. The standard InChI is InChI=1S/C18H20N2O3S2/c1-10(24-12-8-6-11(23-2)7-9-12)17(22)20-18-15(16(19)21)13-4-3-5-14(13)25-18/h6-10H,3-5H2,1-2H3,(H2,19,21)(H,20,22)/t10-/m1/s1. The zero-order valence-corrected chi connectivity index (χ0v) is 15.8. The fourth-order valence-electron chi connectivity index (χ4n) is 2.88. The van der Waals surface area contributed by atoms with Gasteiger partial charge in [-0.15, -0.1) is 23.1 Å². The number of nitrogens with one attached hydrogen (secondary N) is 1. The van der Waals surface area contributed by atoms with Crippen LogP contribution in [0.2, 0.25) is 0 Å². The predicted molar refractivity (Wildman–Crippen MR) is 102 cm³/mol. The van der Waals surface area contributed by atoms with Crippen LogP contribution in [0.15, 0.2) is 29.2 Å². The second-order valence-corrected chi connectivity index (χ2v) is 8.37. The second kappa shape index (κ2) is 7.49. The molecule has 1 aromatic carbocycles. The third-order valence-corrected chi connectivity index (χ3v) is 6.47. The molecule has 25 heavy (non-hydrogen) atoms. The van der Waals surface area contributed by atoms with E-state index in [1.807, 2.05) is 31.2 Å². The number of amides is 2. The molecule has 1 atom stereocenters. The lowest BCUT2D eigenvalue weighted by Crippen LogP contribution is -2.24. The van der Waals surface area contributed by atoms with Crippen LogP contribution in [0.25, 0.3) is 0 Å². The number of thioether (sulfide) groups is 1. The van der Waals surface area contributed by atoms with Crippen LogP contribution < -0.4 is 15.8 Å². The zero-order valence-electron chi connectivity index (χ0n) is 14.1. The van der Waals surface area contributed by atoms with Crippen LogP contribution in [0.3, 0.4) is 0 Å². The molecule has 1 aliphatic rings. The molecule has 0 radical (unpaired) electrons. The monoisotopic (exact) mass is 376 g/mol. The van der Waals surface area contributed by atoms with Crippen LogP contribution in [-0.2, 0) is 17.6 Å². The van der Waals surface area contributed by atoms with Crippen molar-refractivity contribution < 1.29 is 14.3 Å². The van der Waals surface area contributed by atoms with Crippen LogP contribution >= 0.6 is 23.1 Å². The Morgan fingerprint density at radius 2 is 2.00 bits per heavy atom. The molecule has 7 heteroatoms. The number of nitrogens with two attached hydrogens (primary N) is 1. The molecule has 1 heterocycles. The summed E-state index contributed by atoms with van der Waals surface area (Å²) in [4.78, 5) is 26.5. The molecule has 0 saturated heterocycles. The Morgan fingerprint density at radius 3 is 2.64 bits per heavy atom. The number of fused-ring (bicyclic) bond motifs is 1. The second-order valence-electron chi connectivity index (χ2n) is 5.85. The summed E-state index contributed by atoms with van der Waals surface area (Å²) in [5.41, 5.74) is 7.04. The summed E-state index contributed by atoms with van der Waals surface area (Å²) in [5, 5.41) is 3.18. The molecule has 3 N–H and O–H groups in total. The molecule has 0 aliphatic heterocycles. The van der Waals surface area contributed by atoms with Gasteiger partial charge < -0.3 is 15.8 Å². The summed E-state index contributed by atoms with van der Waals surface area (Å²) >= 11 is 2.93. The van der Waals surface area contributed by atoms with Gasteiger partial charge in [0, 0.05) is 9.77 Å². The zero-order chi connectivity index (χ0) is 18.0. The lowest BCUT2D eigenvalue weighted by molar-refractivity contribution is -0.115. The normalized spacial score (nSPS) is 14.0. The number of benzene rings is 1. The van der Waals surface area contributed by atoms with Crippen LogP contribution in [-0.4, -0.2) is 24.2 Å². The molecule has 1 aromatic heterocycles. The average Bonchev–Trinajstić information content (AvgIpc) is 3.15. The minimum atomic E-state index is -0.467. The Bertz CT molecular complexity index is 799. The maximum absolute atomic E-state index is 12.5. The van der Waals surface area contributed by atoms with E-state index in [-0.39, 0.29) is 11.2 Å². The number of carbonyl (C=O) groups is 2. The highest BCUT2D eigenvalue weighted by molar-refractivity contribution is 8.00. The van der Waals surface area contributed by atoms with Gasteiger partial charge in [-0.2, -0.15) is 0 Å². The minimum absolute atomic E-state index is 0.136. The lowest BCUT2D eigenvalue weighted by Gasteiger charge is -2.12. The number of thiophene rings is 1. The van der Waals surface area contributed by atoms with Gasteiger partial charge >= 0.3 is 0 Å². The maximum atomic E-state index is 12.5. The smallest absolute Gasteiger partial charge is 0.251 e. The number of ether oxygens (including phenoxy) is 1. The molecular formula is C18H20N2O3S2. The van der Waals surface area contributed by atoms with Crippen molar-refractivity contribution in [3.63, 3.8) is 0 Å². The molecule has 1 aliphatic carbocycles. The largest absolute Gasteiger partial charge is 0.497 e. The Balaban J connectivity index is 1.70. The molecule has 0 bridgehead atoms. The topological polar surface area (TPSA) is 81.4 Å². The summed E-state index contributed by atoms with van der Waals surface area (Å²) in [7, 11) is 1.62. The van der Waals surface area contributed by atoms with E-state index in [1.54, 1.807) is 7.11 Å². The Hall–Kier alpha value is -1.99. The van der Waals surface area contributed by atoms with Crippen LogP contribution in [0.5, 0.6) is 5.75 Å². The highest BCUT2D eigenvalue weighted by atomic mass is 32.2. The molecule has 2 amide bonds. The number of aryl methyl sites for hydroxylation is 1. The Kier molecular flexibility index (Phi) is 5.34. The first kappa shape index (κ1) is 17.8. The molecule has 0 unspecified atom stereocenters. The van der Waals surface area contributed by atoms with Gasteiger partial charge in [0.1, 0.15) is 10.8 Å². The van der Waals surface area contributed by atoms with Crippen molar-refractivity contribution in [3.8, 4) is 5.75 Å². The quantitative estimate of drug-likeness (QED) is 0.757. The first-order valence-corrected chi connectivity index (χ1v) is 9.75. The summed E-state index contributed by atoms with van der Waals surface area (Å²) in [6.07, 6.45) is 2.85. The van der Waals surface area contributed by atoms with Gasteiger partial charge in [0.15, 0.2) is 0 Å². The minimum Gasteiger partial charge on any atom is -0.497 e. The summed E-state index contributed by atoms with van der Waals surface area (Å²) < 4.78 is 5.13. The number of hydrogen-bond donors (Lipinski definition) is 2. The van der Waals surface area contributed by atoms with Crippen molar-refractivity contribution >= 4 is 39.9 Å². The van der Waals surface area contributed by atoms with Gasteiger partial charge in [-0.05, 0) is 56.0 Å². The van der Waals surface area contributed by atoms with Gasteiger partial charge in [-0.3, -0.25) is 9.59 Å². The lowest BCUT2D eigenvalue weighted by atomic mass is 10.1. The number of rotatable bonds is 6. The van der Waals surface area contributed by atoms with Crippen molar-refractivity contribution in [2.45, 2.75) is 36.3 Å². The third-order valence-electron chi connectivity index (χ3n) is 4.15. The van der Waals surface area contributed by atoms with Gasteiger partial charge in [0.25, 0.3) is 5.91 Å². The van der Waals surface area contributed by atoms with Gasteiger partial charge in [-0.1, -0.05) is 0 Å². The highest BCUT2D eigenvalue weighted by Gasteiger charge is 2.27. The number of methoxy groups -OCH3 is 1. The van der Waals surface area contributed by atoms with Crippen molar-refractivity contribution in [3.05, 3.63) is 40.3 Å². The first-order valence-electron chi connectivity index (χ1n) is 8.05. The van der Waals surface area contributed by atoms with Gasteiger partial charge in [0.2, 0.25) is 5.91 Å². The predicted octanol–water partition coefficient (Wildman–Crippen LogP) is 3.46. The molecule has 3 rings (SSSR count). The molecular weight excluding hydrogens is 356 g/mol. The van der Waals surface area contributed by atoms with Crippen LogP contribution in [0.1, 0.15) is 34.1 Å². The van der Waals surface area contributed by atoms with E-state index in [0.717, 1.165) is 35.5 Å². The molecule has 0 saturated carbocycles. The summed E-state index contributed by atoms with van der Waals surface area (Å²) in [5.74, 6) is 0.175. The van der Waals surface area contributed by atoms with E-state index < -0.39 is 5.91 Å². The maximum Gasteiger partial charge on any atom is 0.251 e. The average molecular weight is 377 g/mol. The van der Waals surface area contributed by atoms with Gasteiger partial charge in [-0.25, -0.2) is 0 Å². The number of primary amides is 1. The molecule has 2 aromatic rings. The van der Waals surface area contributed by atoms with E-state index in [0.29, 0.717) is 10.6 Å². The van der Waals surface area contributed by atoms with E-state index in [4.69, 9.17) is 10.5 Å². The van der Waals surface area contributed by atoms with E-state index in [9.17, 15) is 9.59 Å². The molecule has 132 valence electrons. The first-order chi connectivity index (χ1) is 12.0. The van der Waals surface area contributed by atoms with Gasteiger partial charge in [0.05, 0.1) is 17.9 Å². The molecule has 0 spiro atoms. The van der Waals surface area contributed by atoms with Crippen molar-refractivity contribution in [1.82, 2.24) is 0 Å². The summed E-state index contributed by atoms with van der Waals surface area (Å²) in [6.45, 7) is 1.84. The summed E-state index contributed by atoms with van der Waals surface area (Å²) in [6, 6.07) is 7.56. The third kappa shape index (κ3) is 3.82. The van der Waals surface area contributed by atoms with Crippen molar-refractivity contribution in [2.24, 2.45) is 5.73 Å². The number of carbonyl (C=O) groups excluding carboxylic acids is 2. The Labute approximate surface area is 154 Å². The van der Waals surface area contributed by atoms with Crippen molar-refractivity contribution in [1.29, 1.82) is 0 Å². The van der Waals surface area contributed by atoms with E-state index in [1.165, 1.54) is 28.0 Å².